The molecule has 3 aromatic carbocycles. The Hall–Kier alpha value is -2.72. The number of hydrogen-bond acceptors (Lipinski definition) is 2. The molecule has 3 aromatic rings. The summed E-state index contributed by atoms with van der Waals surface area (Å²) in [6, 6.07) is 9.69. The maximum Gasteiger partial charge on any atom is 0.256 e. The van der Waals surface area contributed by atoms with Gasteiger partial charge in [-0.25, -0.2) is 17.6 Å². The van der Waals surface area contributed by atoms with Crippen LogP contribution in [0.4, 0.5) is 23.2 Å². The minimum absolute atomic E-state index is 0.0559. The molecule has 160 valence electrons. The third kappa shape index (κ3) is 5.31. The SMILES string of the molecule is O=C(NCc1ccccc1NC(=O)c1cc(F)c(F)cc1Br)c1cc(F)c(F)cc1Br. The first-order chi connectivity index (χ1) is 14.7. The van der Waals surface area contributed by atoms with Crippen molar-refractivity contribution in [2.75, 3.05) is 5.32 Å². The van der Waals surface area contributed by atoms with E-state index in [0.29, 0.717) is 11.3 Å². The fraction of sp³-hybridized carbons (Fsp3) is 0.0476. The fourth-order valence-corrected chi connectivity index (χ4v) is 3.64. The van der Waals surface area contributed by atoms with Gasteiger partial charge >= 0.3 is 0 Å². The number of para-hydroxylation sites is 1. The molecule has 0 radical (unpaired) electrons. The van der Waals surface area contributed by atoms with E-state index in [2.05, 4.69) is 42.5 Å². The van der Waals surface area contributed by atoms with Gasteiger partial charge in [-0.3, -0.25) is 9.59 Å². The molecular weight excluding hydrogens is 548 g/mol. The van der Waals surface area contributed by atoms with Crippen molar-refractivity contribution < 1.29 is 27.2 Å². The lowest BCUT2D eigenvalue weighted by atomic mass is 10.1. The highest BCUT2D eigenvalue weighted by atomic mass is 79.9. The number of hydrogen-bond donors (Lipinski definition) is 2. The molecule has 0 spiro atoms. The van der Waals surface area contributed by atoms with Crippen LogP contribution in [0.25, 0.3) is 0 Å². The van der Waals surface area contributed by atoms with Crippen molar-refractivity contribution in [2.24, 2.45) is 0 Å². The Kier molecular flexibility index (Phi) is 7.11. The van der Waals surface area contributed by atoms with E-state index in [1.807, 2.05) is 0 Å². The lowest BCUT2D eigenvalue weighted by Crippen LogP contribution is -2.24. The Morgan fingerprint density at radius 3 is 1.81 bits per heavy atom. The molecule has 3 rings (SSSR count). The molecule has 2 amide bonds. The predicted octanol–water partition coefficient (Wildman–Crippen LogP) is 5.95. The van der Waals surface area contributed by atoms with Crippen molar-refractivity contribution >= 4 is 49.4 Å². The van der Waals surface area contributed by atoms with Crippen LogP contribution in [0.5, 0.6) is 0 Å². The van der Waals surface area contributed by atoms with Crippen molar-refractivity contribution in [3.05, 3.63) is 97.4 Å². The summed E-state index contributed by atoms with van der Waals surface area (Å²) in [6.07, 6.45) is 0. The summed E-state index contributed by atoms with van der Waals surface area (Å²) in [5, 5.41) is 5.13. The van der Waals surface area contributed by atoms with E-state index in [-0.39, 0.29) is 26.6 Å². The molecule has 0 aromatic heterocycles. The Balaban J connectivity index is 1.77. The number of amides is 2. The van der Waals surface area contributed by atoms with Crippen molar-refractivity contribution in [3.8, 4) is 0 Å². The van der Waals surface area contributed by atoms with Crippen LogP contribution in [-0.2, 0) is 6.54 Å². The second-order valence-corrected chi connectivity index (χ2v) is 7.99. The second kappa shape index (κ2) is 9.61. The van der Waals surface area contributed by atoms with E-state index in [1.54, 1.807) is 24.3 Å². The van der Waals surface area contributed by atoms with Gasteiger partial charge in [0.15, 0.2) is 23.3 Å². The zero-order chi connectivity index (χ0) is 22.7. The highest BCUT2D eigenvalue weighted by Crippen LogP contribution is 2.24. The number of halogens is 6. The van der Waals surface area contributed by atoms with E-state index >= 15 is 0 Å². The standard InChI is InChI=1S/C21H12Br2F4N2O2/c22-13-7-17(26)15(24)5-11(13)20(30)28-9-10-3-1-2-4-19(10)29-21(31)12-6-16(25)18(27)8-14(12)23/h1-8H,9H2,(H,28,30)(H,29,31). The molecule has 0 unspecified atom stereocenters. The second-order valence-electron chi connectivity index (χ2n) is 6.29. The largest absolute Gasteiger partial charge is 0.348 e. The van der Waals surface area contributed by atoms with Gasteiger partial charge in [0.2, 0.25) is 0 Å². The third-order valence-corrected chi connectivity index (χ3v) is 5.53. The van der Waals surface area contributed by atoms with Crippen LogP contribution in [0.3, 0.4) is 0 Å². The smallest absolute Gasteiger partial charge is 0.256 e. The van der Waals surface area contributed by atoms with Crippen LogP contribution in [0, 0.1) is 23.3 Å². The fourth-order valence-electron chi connectivity index (χ4n) is 2.65. The third-order valence-electron chi connectivity index (χ3n) is 4.21. The number of nitrogens with one attached hydrogen (secondary N) is 2. The molecule has 0 saturated heterocycles. The van der Waals surface area contributed by atoms with Gasteiger partial charge in [0.05, 0.1) is 11.1 Å². The molecule has 4 nitrogen and oxygen atoms in total. The molecule has 2 N–H and O–H groups in total. The van der Waals surface area contributed by atoms with E-state index in [4.69, 9.17) is 0 Å². The predicted molar refractivity (Wildman–Crippen MR) is 114 cm³/mol. The molecule has 0 fully saturated rings. The highest BCUT2D eigenvalue weighted by molar-refractivity contribution is 9.10. The number of anilines is 1. The molecule has 0 atom stereocenters. The quantitative estimate of drug-likeness (QED) is 0.300. The number of benzene rings is 3. The van der Waals surface area contributed by atoms with Crippen LogP contribution in [-0.4, -0.2) is 11.8 Å². The Morgan fingerprint density at radius 2 is 1.23 bits per heavy atom. The first-order valence-corrected chi connectivity index (χ1v) is 10.2. The monoisotopic (exact) mass is 558 g/mol. The molecule has 10 heteroatoms. The summed E-state index contributed by atoms with van der Waals surface area (Å²) >= 11 is 6.03. The lowest BCUT2D eigenvalue weighted by Gasteiger charge is -2.13. The van der Waals surface area contributed by atoms with Gasteiger partial charge in [0, 0.05) is 21.2 Å². The normalized spacial score (nSPS) is 10.6. The summed E-state index contributed by atoms with van der Waals surface area (Å²) in [4.78, 5) is 24.9. The zero-order valence-electron chi connectivity index (χ0n) is 15.4. The summed E-state index contributed by atoms with van der Waals surface area (Å²) in [6.45, 7) is -0.0559. The van der Waals surface area contributed by atoms with Gasteiger partial charge in [-0.1, -0.05) is 18.2 Å². The summed E-state index contributed by atoms with van der Waals surface area (Å²) in [5.74, 6) is -5.91. The van der Waals surface area contributed by atoms with Crippen LogP contribution in [0.15, 0.2) is 57.5 Å². The molecule has 0 bridgehead atoms. The summed E-state index contributed by atoms with van der Waals surface area (Å²) in [7, 11) is 0. The number of carbonyl (C=O) groups is 2. The van der Waals surface area contributed by atoms with Gasteiger partial charge in [0.25, 0.3) is 11.8 Å². The van der Waals surface area contributed by atoms with E-state index in [1.165, 1.54) is 0 Å². The number of rotatable bonds is 5. The average molecular weight is 560 g/mol. The topological polar surface area (TPSA) is 58.2 Å². The maximum absolute atomic E-state index is 13.5. The Bertz CT molecular complexity index is 1190. The minimum Gasteiger partial charge on any atom is -0.348 e. The average Bonchev–Trinajstić information content (AvgIpc) is 2.72. The molecule has 0 aliphatic rings. The van der Waals surface area contributed by atoms with Crippen LogP contribution in [0.1, 0.15) is 26.3 Å². The van der Waals surface area contributed by atoms with Crippen molar-refractivity contribution in [1.29, 1.82) is 0 Å². The van der Waals surface area contributed by atoms with Gasteiger partial charge in [0.1, 0.15) is 0 Å². The molecule has 31 heavy (non-hydrogen) atoms. The summed E-state index contributed by atoms with van der Waals surface area (Å²) < 4.78 is 53.6. The van der Waals surface area contributed by atoms with Crippen LogP contribution >= 0.6 is 31.9 Å². The lowest BCUT2D eigenvalue weighted by molar-refractivity contribution is 0.0949. The maximum atomic E-state index is 13.5. The van der Waals surface area contributed by atoms with E-state index in [9.17, 15) is 27.2 Å². The van der Waals surface area contributed by atoms with Crippen molar-refractivity contribution in [2.45, 2.75) is 6.54 Å². The van der Waals surface area contributed by atoms with Crippen molar-refractivity contribution in [3.63, 3.8) is 0 Å². The van der Waals surface area contributed by atoms with E-state index in [0.717, 1.165) is 24.3 Å². The van der Waals surface area contributed by atoms with Gasteiger partial charge in [-0.2, -0.15) is 0 Å². The van der Waals surface area contributed by atoms with E-state index < -0.39 is 35.1 Å². The molecule has 0 aliphatic carbocycles. The highest BCUT2D eigenvalue weighted by Gasteiger charge is 2.17. The van der Waals surface area contributed by atoms with Crippen LogP contribution < -0.4 is 10.6 Å². The first-order valence-electron chi connectivity index (χ1n) is 8.64. The van der Waals surface area contributed by atoms with Gasteiger partial charge in [-0.15, -0.1) is 0 Å². The Labute approximate surface area is 190 Å². The minimum atomic E-state index is -1.17. The number of carbonyl (C=O) groups excluding carboxylic acids is 2. The van der Waals surface area contributed by atoms with Crippen molar-refractivity contribution in [1.82, 2.24) is 5.32 Å². The molecule has 0 aliphatic heterocycles. The zero-order valence-corrected chi connectivity index (χ0v) is 18.6. The van der Waals surface area contributed by atoms with Gasteiger partial charge < -0.3 is 10.6 Å². The molecule has 0 heterocycles. The molecule has 0 saturated carbocycles. The first kappa shape index (κ1) is 23.0. The summed E-state index contributed by atoms with van der Waals surface area (Å²) in [5.41, 5.74) is 0.574. The van der Waals surface area contributed by atoms with Crippen LogP contribution in [0.2, 0.25) is 0 Å². The Morgan fingerprint density at radius 1 is 0.742 bits per heavy atom. The molecular formula is C21H12Br2F4N2O2. The van der Waals surface area contributed by atoms with Gasteiger partial charge in [-0.05, 0) is 67.8 Å².